The average molecular weight is 370 g/mol. The Morgan fingerprint density at radius 1 is 1.24 bits per heavy atom. The van der Waals surface area contributed by atoms with E-state index in [1.807, 2.05) is 0 Å². The number of sulfonamides is 1. The zero-order chi connectivity index (χ0) is 15.6. The smallest absolute Gasteiger partial charge is 0.264 e. The fraction of sp³-hybridized carbons (Fsp3) is 0. The van der Waals surface area contributed by atoms with Crippen LogP contribution in [0.15, 0.2) is 45.8 Å². The Labute approximate surface area is 129 Å². The Balaban J connectivity index is 2.43. The van der Waals surface area contributed by atoms with E-state index < -0.39 is 15.8 Å². The fourth-order valence-electron chi connectivity index (χ4n) is 1.61. The average Bonchev–Trinajstić information content (AvgIpc) is 2.43. The molecule has 0 fully saturated rings. The zero-order valence-corrected chi connectivity index (χ0v) is 12.9. The molecule has 3 N–H and O–H groups in total. The highest BCUT2D eigenvalue weighted by molar-refractivity contribution is 9.10. The molecule has 0 spiro atoms. The van der Waals surface area contributed by atoms with Crippen LogP contribution in [-0.2, 0) is 10.0 Å². The van der Waals surface area contributed by atoms with Crippen molar-refractivity contribution in [2.45, 2.75) is 4.90 Å². The van der Waals surface area contributed by atoms with Crippen molar-refractivity contribution in [2.24, 2.45) is 0 Å². The molecule has 0 amide bonds. The molecule has 0 heterocycles. The summed E-state index contributed by atoms with van der Waals surface area (Å²) in [5.74, 6) is -0.841. The molecule has 8 heteroatoms. The van der Waals surface area contributed by atoms with Crippen molar-refractivity contribution in [1.29, 1.82) is 5.26 Å². The van der Waals surface area contributed by atoms with Crippen LogP contribution in [0.5, 0.6) is 0 Å². The SMILES string of the molecule is N#Cc1ccc(NS(=O)(=O)c2cc(Br)ccc2N)c(F)c1. The Morgan fingerprint density at radius 3 is 2.57 bits per heavy atom. The third-order valence-corrected chi connectivity index (χ3v) is 4.52. The fourth-order valence-corrected chi connectivity index (χ4v) is 3.35. The summed E-state index contributed by atoms with van der Waals surface area (Å²) >= 11 is 3.15. The van der Waals surface area contributed by atoms with Gasteiger partial charge in [0.05, 0.1) is 23.0 Å². The number of nitrogens with one attached hydrogen (secondary N) is 1. The third-order valence-electron chi connectivity index (χ3n) is 2.61. The van der Waals surface area contributed by atoms with Crippen LogP contribution in [0, 0.1) is 17.1 Å². The molecule has 108 valence electrons. The lowest BCUT2D eigenvalue weighted by molar-refractivity contribution is 0.599. The Kier molecular flexibility index (Phi) is 4.16. The highest BCUT2D eigenvalue weighted by Crippen LogP contribution is 2.26. The van der Waals surface area contributed by atoms with Crippen LogP contribution < -0.4 is 10.5 Å². The molecular weight excluding hydrogens is 361 g/mol. The van der Waals surface area contributed by atoms with Crippen molar-refractivity contribution < 1.29 is 12.8 Å². The summed E-state index contributed by atoms with van der Waals surface area (Å²) in [6, 6.07) is 9.54. The number of hydrogen-bond donors (Lipinski definition) is 2. The van der Waals surface area contributed by atoms with Crippen molar-refractivity contribution in [1.82, 2.24) is 0 Å². The van der Waals surface area contributed by atoms with Crippen LogP contribution in [0.25, 0.3) is 0 Å². The van der Waals surface area contributed by atoms with Gasteiger partial charge in [-0.25, -0.2) is 12.8 Å². The van der Waals surface area contributed by atoms with E-state index in [2.05, 4.69) is 20.7 Å². The first-order valence-corrected chi connectivity index (χ1v) is 7.88. The molecule has 5 nitrogen and oxygen atoms in total. The summed E-state index contributed by atoms with van der Waals surface area (Å²) in [6.45, 7) is 0. The molecule has 0 aliphatic heterocycles. The highest BCUT2D eigenvalue weighted by Gasteiger charge is 2.19. The number of hydrogen-bond acceptors (Lipinski definition) is 4. The number of nitrogens with zero attached hydrogens (tertiary/aromatic N) is 1. The molecule has 21 heavy (non-hydrogen) atoms. The molecule has 0 saturated heterocycles. The standard InChI is InChI=1S/C13H9BrFN3O2S/c14-9-2-3-11(17)13(6-9)21(19,20)18-12-4-1-8(7-16)5-10(12)15/h1-6,18H,17H2. The first-order chi connectivity index (χ1) is 9.83. The normalized spacial score (nSPS) is 10.9. The molecule has 0 unspecified atom stereocenters. The highest BCUT2D eigenvalue weighted by atomic mass is 79.9. The first kappa shape index (κ1) is 15.3. The van der Waals surface area contributed by atoms with E-state index in [4.69, 9.17) is 11.0 Å². The van der Waals surface area contributed by atoms with E-state index in [9.17, 15) is 12.8 Å². The lowest BCUT2D eigenvalue weighted by Crippen LogP contribution is -2.15. The molecule has 2 rings (SSSR count). The van der Waals surface area contributed by atoms with Crippen LogP contribution in [0.4, 0.5) is 15.8 Å². The molecular formula is C13H9BrFN3O2S. The summed E-state index contributed by atoms with van der Waals surface area (Å²) in [5, 5.41) is 8.65. The quantitative estimate of drug-likeness (QED) is 0.812. The molecule has 0 aliphatic carbocycles. The van der Waals surface area contributed by atoms with E-state index in [0.717, 1.165) is 6.07 Å². The van der Waals surface area contributed by atoms with Gasteiger partial charge >= 0.3 is 0 Å². The van der Waals surface area contributed by atoms with Gasteiger partial charge in [0.15, 0.2) is 0 Å². The van der Waals surface area contributed by atoms with Crippen molar-refractivity contribution in [3.05, 3.63) is 52.3 Å². The number of halogens is 2. The van der Waals surface area contributed by atoms with Gasteiger partial charge in [-0.1, -0.05) is 15.9 Å². The summed E-state index contributed by atoms with van der Waals surface area (Å²) < 4.78 is 40.9. The van der Waals surface area contributed by atoms with Gasteiger partial charge in [0.2, 0.25) is 0 Å². The summed E-state index contributed by atoms with van der Waals surface area (Å²) in [5.41, 5.74) is 5.52. The predicted octanol–water partition coefficient (Wildman–Crippen LogP) is 2.84. The number of nitriles is 1. The molecule has 0 saturated carbocycles. The minimum absolute atomic E-state index is 0.0414. The Hall–Kier alpha value is -2.11. The zero-order valence-electron chi connectivity index (χ0n) is 10.5. The maximum Gasteiger partial charge on any atom is 0.264 e. The lowest BCUT2D eigenvalue weighted by atomic mass is 10.2. The van der Waals surface area contributed by atoms with Crippen molar-refractivity contribution in [3.63, 3.8) is 0 Å². The van der Waals surface area contributed by atoms with Crippen molar-refractivity contribution in [2.75, 3.05) is 10.5 Å². The van der Waals surface area contributed by atoms with Gasteiger partial charge in [-0.2, -0.15) is 5.26 Å². The van der Waals surface area contributed by atoms with Gasteiger partial charge in [0.1, 0.15) is 10.7 Å². The number of nitrogens with two attached hydrogens (primary N) is 1. The third kappa shape index (κ3) is 3.32. The lowest BCUT2D eigenvalue weighted by Gasteiger charge is -2.11. The monoisotopic (exact) mass is 369 g/mol. The van der Waals surface area contributed by atoms with E-state index in [1.165, 1.54) is 24.3 Å². The number of anilines is 2. The van der Waals surface area contributed by atoms with Crippen LogP contribution in [0.3, 0.4) is 0 Å². The van der Waals surface area contributed by atoms with Crippen LogP contribution in [-0.4, -0.2) is 8.42 Å². The molecule has 2 aromatic rings. The van der Waals surface area contributed by atoms with Gasteiger partial charge < -0.3 is 5.73 Å². The number of benzene rings is 2. The number of rotatable bonds is 3. The molecule has 0 aliphatic rings. The van der Waals surface area contributed by atoms with Gasteiger partial charge in [-0.3, -0.25) is 4.72 Å². The van der Waals surface area contributed by atoms with Crippen LogP contribution >= 0.6 is 15.9 Å². The Morgan fingerprint density at radius 2 is 1.95 bits per heavy atom. The molecule has 0 aromatic heterocycles. The minimum atomic E-state index is -4.04. The van der Waals surface area contributed by atoms with E-state index in [1.54, 1.807) is 12.1 Å². The second-order valence-corrected chi connectivity index (χ2v) is 6.66. The minimum Gasteiger partial charge on any atom is -0.398 e. The summed E-state index contributed by atoms with van der Waals surface area (Å²) in [7, 11) is -4.04. The van der Waals surface area contributed by atoms with Crippen LogP contribution in [0.1, 0.15) is 5.56 Å². The van der Waals surface area contributed by atoms with Crippen molar-refractivity contribution in [3.8, 4) is 6.07 Å². The molecule has 2 aromatic carbocycles. The largest absolute Gasteiger partial charge is 0.398 e. The first-order valence-electron chi connectivity index (χ1n) is 5.61. The maximum absolute atomic E-state index is 13.7. The van der Waals surface area contributed by atoms with Gasteiger partial charge in [-0.05, 0) is 36.4 Å². The van der Waals surface area contributed by atoms with Crippen LogP contribution in [0.2, 0.25) is 0 Å². The second kappa shape index (κ2) is 5.71. The second-order valence-electron chi connectivity index (χ2n) is 4.09. The molecule has 0 atom stereocenters. The van der Waals surface area contributed by atoms with Gasteiger partial charge in [0.25, 0.3) is 10.0 Å². The summed E-state index contributed by atoms with van der Waals surface area (Å²) in [6.07, 6.45) is 0. The number of nitrogen functional groups attached to an aromatic ring is 1. The molecule has 0 bridgehead atoms. The predicted molar refractivity (Wildman–Crippen MR) is 80.5 cm³/mol. The van der Waals surface area contributed by atoms with Crippen molar-refractivity contribution >= 4 is 37.3 Å². The summed E-state index contributed by atoms with van der Waals surface area (Å²) in [4.78, 5) is -0.166. The van der Waals surface area contributed by atoms with E-state index in [0.29, 0.717) is 4.47 Å². The van der Waals surface area contributed by atoms with Gasteiger partial charge in [0, 0.05) is 4.47 Å². The van der Waals surface area contributed by atoms with E-state index >= 15 is 0 Å². The maximum atomic E-state index is 13.7. The topological polar surface area (TPSA) is 96.0 Å². The van der Waals surface area contributed by atoms with E-state index in [-0.39, 0.29) is 21.8 Å². The van der Waals surface area contributed by atoms with Gasteiger partial charge in [-0.15, -0.1) is 0 Å². The Bertz CT molecular complexity index is 847. The molecule has 0 radical (unpaired) electrons.